The van der Waals surface area contributed by atoms with E-state index in [1.165, 1.54) is 16.2 Å². The Morgan fingerprint density at radius 1 is 1.25 bits per heavy atom. The summed E-state index contributed by atoms with van der Waals surface area (Å²) in [5.74, 6) is -1.16. The van der Waals surface area contributed by atoms with Gasteiger partial charge in [0.05, 0.1) is 26.5 Å². The van der Waals surface area contributed by atoms with E-state index in [0.717, 1.165) is 0 Å². The third-order valence-electron chi connectivity index (χ3n) is 4.32. The summed E-state index contributed by atoms with van der Waals surface area (Å²) in [7, 11) is 0. The number of benzene rings is 1. The van der Waals surface area contributed by atoms with Crippen molar-refractivity contribution in [2.45, 2.75) is 13.0 Å². The highest BCUT2D eigenvalue weighted by molar-refractivity contribution is 7.12. The predicted octanol–water partition coefficient (Wildman–Crippen LogP) is 5.13. The zero-order valence-corrected chi connectivity index (χ0v) is 16.7. The van der Waals surface area contributed by atoms with E-state index in [1.807, 2.05) is 0 Å². The molecule has 0 spiro atoms. The number of thiophene rings is 1. The van der Waals surface area contributed by atoms with E-state index < -0.39 is 23.5 Å². The number of aromatic nitrogens is 1. The van der Waals surface area contributed by atoms with Crippen LogP contribution in [0.5, 0.6) is 0 Å². The van der Waals surface area contributed by atoms with Gasteiger partial charge in [0.15, 0.2) is 11.6 Å². The molecule has 9 heteroatoms. The summed E-state index contributed by atoms with van der Waals surface area (Å²) in [6.07, 6.45) is 0. The Morgan fingerprint density at radius 3 is 2.64 bits per heavy atom. The molecular weight excluding hydrogens is 423 g/mol. The average Bonchev–Trinajstić information content (AvgIpc) is 3.39. The molecule has 142 valence electrons. The van der Waals surface area contributed by atoms with Gasteiger partial charge in [-0.25, -0.2) is 0 Å². The van der Waals surface area contributed by atoms with Gasteiger partial charge in [0.1, 0.15) is 5.76 Å². The van der Waals surface area contributed by atoms with E-state index in [4.69, 9.17) is 27.7 Å². The Hall–Kier alpha value is -2.61. The number of hydrogen-bond acceptors (Lipinski definition) is 6. The van der Waals surface area contributed by atoms with Crippen molar-refractivity contribution in [1.82, 2.24) is 5.16 Å². The standard InChI is InChI=1S/C19H12Cl2N2O4S/c1-9-7-14(22-27-9)23-16(10-4-5-11(20)12(21)8-10)15(18(25)19(23)26)17(24)13-3-2-6-28-13/h2-8,16,25H,1H3/t16-/m1/s1. The highest BCUT2D eigenvalue weighted by Gasteiger charge is 2.46. The van der Waals surface area contributed by atoms with E-state index in [9.17, 15) is 14.7 Å². The van der Waals surface area contributed by atoms with Crippen LogP contribution in [0.2, 0.25) is 10.0 Å². The molecule has 1 aliphatic rings. The third-order valence-corrected chi connectivity index (χ3v) is 5.93. The van der Waals surface area contributed by atoms with E-state index in [0.29, 0.717) is 21.2 Å². The lowest BCUT2D eigenvalue weighted by Gasteiger charge is -2.24. The fraction of sp³-hybridized carbons (Fsp3) is 0.105. The average molecular weight is 435 g/mol. The lowest BCUT2D eigenvalue weighted by atomic mass is 9.95. The Labute approximate surface area is 173 Å². The Balaban J connectivity index is 1.90. The maximum atomic E-state index is 13.1. The van der Waals surface area contributed by atoms with Crippen molar-refractivity contribution in [2.75, 3.05) is 4.90 Å². The minimum Gasteiger partial charge on any atom is -0.503 e. The minimum absolute atomic E-state index is 0.0495. The number of Topliss-reactive ketones (excluding diaryl/α,β-unsaturated/α-hetero) is 1. The predicted molar refractivity (Wildman–Crippen MR) is 106 cm³/mol. The van der Waals surface area contributed by atoms with Crippen molar-refractivity contribution in [2.24, 2.45) is 0 Å². The molecule has 0 aliphatic carbocycles. The number of rotatable bonds is 4. The quantitative estimate of drug-likeness (QED) is 0.575. The van der Waals surface area contributed by atoms with Gasteiger partial charge in [0, 0.05) is 6.07 Å². The maximum Gasteiger partial charge on any atom is 0.295 e. The molecule has 1 aromatic carbocycles. The number of aliphatic hydroxyl groups is 1. The fourth-order valence-electron chi connectivity index (χ4n) is 3.08. The van der Waals surface area contributed by atoms with Crippen molar-refractivity contribution < 1.29 is 19.2 Å². The van der Waals surface area contributed by atoms with E-state index in [2.05, 4.69) is 5.16 Å². The van der Waals surface area contributed by atoms with Gasteiger partial charge in [0.2, 0.25) is 5.78 Å². The first kappa shape index (κ1) is 18.7. The second-order valence-corrected chi connectivity index (χ2v) is 7.88. The van der Waals surface area contributed by atoms with Crippen molar-refractivity contribution in [3.05, 3.63) is 79.4 Å². The van der Waals surface area contributed by atoms with E-state index >= 15 is 0 Å². The van der Waals surface area contributed by atoms with Crippen LogP contribution >= 0.6 is 34.5 Å². The molecule has 3 aromatic rings. The lowest BCUT2D eigenvalue weighted by molar-refractivity contribution is -0.117. The first-order chi connectivity index (χ1) is 13.4. The SMILES string of the molecule is Cc1cc(N2C(=O)C(O)=C(C(=O)c3cccs3)[C@H]2c2ccc(Cl)c(Cl)c2)no1. The van der Waals surface area contributed by atoms with E-state index in [-0.39, 0.29) is 16.4 Å². The number of nitrogens with zero attached hydrogens (tertiary/aromatic N) is 2. The van der Waals surface area contributed by atoms with Crippen molar-refractivity contribution in [3.63, 3.8) is 0 Å². The second-order valence-electron chi connectivity index (χ2n) is 6.12. The van der Waals surface area contributed by atoms with Crippen LogP contribution in [0.25, 0.3) is 0 Å². The molecule has 1 atom stereocenters. The first-order valence-electron chi connectivity index (χ1n) is 8.11. The number of ketones is 1. The molecular formula is C19H12Cl2N2O4S. The molecule has 1 aliphatic heterocycles. The van der Waals surface area contributed by atoms with E-state index in [1.54, 1.807) is 48.7 Å². The number of carbonyl (C=O) groups is 2. The molecule has 6 nitrogen and oxygen atoms in total. The van der Waals surface area contributed by atoms with Crippen LogP contribution in [0.4, 0.5) is 5.82 Å². The molecule has 0 saturated heterocycles. The number of aliphatic hydroxyl groups excluding tert-OH is 1. The van der Waals surface area contributed by atoms with Crippen LogP contribution < -0.4 is 4.90 Å². The number of carbonyl (C=O) groups excluding carboxylic acids is 2. The molecule has 1 amide bonds. The fourth-order valence-corrected chi connectivity index (χ4v) is 4.06. The molecule has 0 unspecified atom stereocenters. The molecule has 0 radical (unpaired) electrons. The second kappa shape index (κ2) is 7.09. The largest absolute Gasteiger partial charge is 0.503 e. The molecule has 0 bridgehead atoms. The zero-order chi connectivity index (χ0) is 20.0. The molecule has 2 aromatic heterocycles. The Kier molecular flexibility index (Phi) is 4.74. The van der Waals surface area contributed by atoms with Crippen LogP contribution in [-0.4, -0.2) is 22.0 Å². The van der Waals surface area contributed by atoms with Crippen molar-refractivity contribution >= 4 is 52.0 Å². The lowest BCUT2D eigenvalue weighted by Crippen LogP contribution is -2.31. The normalized spacial score (nSPS) is 16.9. The smallest absolute Gasteiger partial charge is 0.295 e. The van der Waals surface area contributed by atoms with Crippen molar-refractivity contribution in [1.29, 1.82) is 0 Å². The van der Waals surface area contributed by atoms with Crippen LogP contribution in [0, 0.1) is 6.92 Å². The number of amides is 1. The van der Waals surface area contributed by atoms with Crippen LogP contribution in [0.15, 0.2) is 57.6 Å². The molecule has 0 saturated carbocycles. The van der Waals surface area contributed by atoms with Crippen LogP contribution in [-0.2, 0) is 4.79 Å². The summed E-state index contributed by atoms with van der Waals surface area (Å²) in [5, 5.41) is 16.8. The number of halogens is 2. The summed E-state index contributed by atoms with van der Waals surface area (Å²) in [5.41, 5.74) is 0.457. The van der Waals surface area contributed by atoms with Gasteiger partial charge in [-0.1, -0.05) is 40.5 Å². The molecule has 3 heterocycles. The van der Waals surface area contributed by atoms with Gasteiger partial charge in [-0.3, -0.25) is 14.5 Å². The maximum absolute atomic E-state index is 13.1. The monoisotopic (exact) mass is 434 g/mol. The minimum atomic E-state index is -0.929. The van der Waals surface area contributed by atoms with Gasteiger partial charge in [0.25, 0.3) is 5.91 Å². The first-order valence-corrected chi connectivity index (χ1v) is 9.75. The Morgan fingerprint density at radius 2 is 2.04 bits per heavy atom. The van der Waals surface area contributed by atoms with Gasteiger partial charge >= 0.3 is 0 Å². The van der Waals surface area contributed by atoms with Crippen molar-refractivity contribution in [3.8, 4) is 0 Å². The molecule has 28 heavy (non-hydrogen) atoms. The summed E-state index contributed by atoms with van der Waals surface area (Å²) in [6, 6.07) is 8.74. The summed E-state index contributed by atoms with van der Waals surface area (Å²) < 4.78 is 5.08. The topological polar surface area (TPSA) is 83.6 Å². The molecule has 1 N–H and O–H groups in total. The number of anilines is 1. The molecule has 0 fully saturated rings. The highest BCUT2D eigenvalue weighted by Crippen LogP contribution is 2.43. The Bertz CT molecular complexity index is 1120. The highest BCUT2D eigenvalue weighted by atomic mass is 35.5. The molecule has 4 rings (SSSR count). The van der Waals surface area contributed by atoms with Gasteiger partial charge in [-0.15, -0.1) is 11.3 Å². The van der Waals surface area contributed by atoms with Crippen LogP contribution in [0.3, 0.4) is 0 Å². The summed E-state index contributed by atoms with van der Waals surface area (Å²) >= 11 is 13.4. The van der Waals surface area contributed by atoms with Crippen LogP contribution in [0.1, 0.15) is 27.0 Å². The van der Waals surface area contributed by atoms with Gasteiger partial charge in [-0.2, -0.15) is 0 Å². The number of hydrogen-bond donors (Lipinski definition) is 1. The number of aryl methyl sites for hydroxylation is 1. The summed E-state index contributed by atoms with van der Waals surface area (Å²) in [6.45, 7) is 1.68. The zero-order valence-electron chi connectivity index (χ0n) is 14.3. The van der Waals surface area contributed by atoms with Gasteiger partial charge < -0.3 is 9.63 Å². The third kappa shape index (κ3) is 3.01. The summed E-state index contributed by atoms with van der Waals surface area (Å²) in [4.78, 5) is 27.6. The van der Waals surface area contributed by atoms with Gasteiger partial charge in [-0.05, 0) is 36.1 Å².